The van der Waals surface area contributed by atoms with Crippen molar-refractivity contribution in [3.8, 4) is 0 Å². The van der Waals surface area contributed by atoms with Gasteiger partial charge in [-0.05, 0) is 12.5 Å². The Morgan fingerprint density at radius 3 is 3.07 bits per heavy atom. The number of anilines is 3. The van der Waals surface area contributed by atoms with Crippen LogP contribution in [0.2, 0.25) is 5.02 Å². The summed E-state index contributed by atoms with van der Waals surface area (Å²) in [5, 5.41) is 11.9. The molecule has 0 aromatic carbocycles. The number of halogens is 1. The summed E-state index contributed by atoms with van der Waals surface area (Å²) in [6.07, 6.45) is 7.36. The van der Waals surface area contributed by atoms with Crippen molar-refractivity contribution in [2.24, 2.45) is 7.05 Å². The van der Waals surface area contributed by atoms with Gasteiger partial charge in [-0.3, -0.25) is 9.48 Å². The Kier molecular flexibility index (Phi) is 4.44. The van der Waals surface area contributed by atoms with E-state index >= 15 is 0 Å². The van der Waals surface area contributed by atoms with Gasteiger partial charge in [0.25, 0.3) is 0 Å². The average molecular weight is 387 g/mol. The fourth-order valence-corrected chi connectivity index (χ4v) is 3.40. The lowest BCUT2D eigenvalue weighted by molar-refractivity contribution is -0.125. The molecule has 0 unspecified atom stereocenters. The minimum Gasteiger partial charge on any atom is -0.365 e. The van der Waals surface area contributed by atoms with E-state index in [9.17, 15) is 4.79 Å². The molecule has 0 aliphatic carbocycles. The lowest BCUT2D eigenvalue weighted by Crippen LogP contribution is -2.30. The van der Waals surface area contributed by atoms with E-state index in [0.717, 1.165) is 17.5 Å². The number of amides is 1. The number of aryl methyl sites for hydroxylation is 1. The number of aromatic amines is 1. The van der Waals surface area contributed by atoms with Gasteiger partial charge in [0.15, 0.2) is 0 Å². The van der Waals surface area contributed by atoms with Gasteiger partial charge in [0, 0.05) is 38.6 Å². The summed E-state index contributed by atoms with van der Waals surface area (Å²) >= 11 is 6.32. The van der Waals surface area contributed by atoms with Crippen molar-refractivity contribution < 1.29 is 4.79 Å². The number of rotatable bonds is 5. The molecule has 10 heteroatoms. The van der Waals surface area contributed by atoms with Crippen molar-refractivity contribution in [1.29, 1.82) is 0 Å². The lowest BCUT2D eigenvalue weighted by Gasteiger charge is -2.17. The van der Waals surface area contributed by atoms with E-state index in [1.54, 1.807) is 22.0 Å². The molecule has 1 fully saturated rings. The Hall–Kier alpha value is -3.07. The number of hydrogen-bond donors (Lipinski definition) is 3. The first-order valence-corrected chi connectivity index (χ1v) is 8.89. The number of nitrogens with one attached hydrogen (secondary N) is 3. The molecule has 0 radical (unpaired) electrons. The van der Waals surface area contributed by atoms with Crippen molar-refractivity contribution >= 4 is 46.0 Å². The van der Waals surface area contributed by atoms with Crippen LogP contribution in [0.3, 0.4) is 0 Å². The second kappa shape index (κ2) is 6.92. The third-order valence-electron chi connectivity index (χ3n) is 4.46. The van der Waals surface area contributed by atoms with Crippen LogP contribution in [0, 0.1) is 0 Å². The van der Waals surface area contributed by atoms with E-state index in [-0.39, 0.29) is 11.9 Å². The zero-order valence-corrected chi connectivity index (χ0v) is 15.5. The Morgan fingerprint density at radius 1 is 1.48 bits per heavy atom. The number of nitrogens with zero attached hydrogens (tertiary/aromatic N) is 5. The first-order chi connectivity index (χ1) is 13.0. The molecule has 9 nitrogen and oxygen atoms in total. The molecule has 140 valence electrons. The predicted molar refractivity (Wildman–Crippen MR) is 104 cm³/mol. The largest absolute Gasteiger partial charge is 0.365 e. The Labute approximate surface area is 160 Å². The standard InChI is InChI=1S/C17H19ClN8O/c1-3-13(27)26-5-4-10(9-26)21-16-14-12(18)7-19-15(14)23-17(24-16)22-11-6-20-25(2)8-11/h3,6-8,10H,1,4-5,9H2,2H3,(H3,19,21,22,23,24)/t10-/m0/s1. The third-order valence-corrected chi connectivity index (χ3v) is 4.76. The number of H-pyrrole nitrogens is 1. The highest BCUT2D eigenvalue weighted by atomic mass is 35.5. The van der Waals surface area contributed by atoms with Crippen molar-refractivity contribution in [2.45, 2.75) is 12.5 Å². The fourth-order valence-electron chi connectivity index (χ4n) is 3.17. The van der Waals surface area contributed by atoms with E-state index in [2.05, 4.69) is 37.3 Å². The molecule has 3 aromatic heterocycles. The zero-order chi connectivity index (χ0) is 19.0. The summed E-state index contributed by atoms with van der Waals surface area (Å²) in [5.41, 5.74) is 1.41. The summed E-state index contributed by atoms with van der Waals surface area (Å²) < 4.78 is 1.69. The summed E-state index contributed by atoms with van der Waals surface area (Å²) in [6.45, 7) is 4.81. The van der Waals surface area contributed by atoms with Crippen LogP contribution < -0.4 is 10.6 Å². The van der Waals surface area contributed by atoms with Gasteiger partial charge < -0.3 is 20.5 Å². The fraction of sp³-hybridized carbons (Fsp3) is 0.294. The quantitative estimate of drug-likeness (QED) is 0.581. The molecule has 0 spiro atoms. The van der Waals surface area contributed by atoms with Crippen LogP contribution in [-0.2, 0) is 11.8 Å². The van der Waals surface area contributed by atoms with Crippen molar-refractivity contribution in [1.82, 2.24) is 29.6 Å². The van der Waals surface area contributed by atoms with Crippen molar-refractivity contribution in [3.05, 3.63) is 36.3 Å². The molecule has 3 N–H and O–H groups in total. The van der Waals surface area contributed by atoms with Crippen LogP contribution in [-0.4, -0.2) is 54.7 Å². The van der Waals surface area contributed by atoms with E-state index < -0.39 is 0 Å². The maximum Gasteiger partial charge on any atom is 0.246 e. The Bertz CT molecular complexity index is 1010. The highest BCUT2D eigenvalue weighted by Gasteiger charge is 2.26. The maximum absolute atomic E-state index is 11.8. The Morgan fingerprint density at radius 2 is 2.33 bits per heavy atom. The SMILES string of the molecule is C=CC(=O)N1CC[C@H](Nc2nc(Nc3cnn(C)c3)nc3[nH]cc(Cl)c23)C1. The number of likely N-dealkylation sites (tertiary alicyclic amines) is 1. The predicted octanol–water partition coefficient (Wildman–Crippen LogP) is 2.29. The first-order valence-electron chi connectivity index (χ1n) is 8.51. The maximum atomic E-state index is 11.8. The summed E-state index contributed by atoms with van der Waals surface area (Å²) in [5.74, 6) is 0.981. The van der Waals surface area contributed by atoms with E-state index in [0.29, 0.717) is 35.5 Å². The molecule has 3 aromatic rings. The van der Waals surface area contributed by atoms with Gasteiger partial charge in [-0.25, -0.2) is 0 Å². The molecular formula is C17H19ClN8O. The first kappa shape index (κ1) is 17.3. The van der Waals surface area contributed by atoms with Gasteiger partial charge >= 0.3 is 0 Å². The van der Waals surface area contributed by atoms with Crippen LogP contribution >= 0.6 is 11.6 Å². The van der Waals surface area contributed by atoms with Gasteiger partial charge in [-0.2, -0.15) is 15.1 Å². The number of hydrogen-bond acceptors (Lipinski definition) is 6. The van der Waals surface area contributed by atoms with Crippen LogP contribution in [0.5, 0.6) is 0 Å². The second-order valence-electron chi connectivity index (χ2n) is 6.40. The minimum atomic E-state index is -0.0641. The third kappa shape index (κ3) is 3.45. The molecule has 1 aliphatic rings. The number of carbonyl (C=O) groups excluding carboxylic acids is 1. The van der Waals surface area contributed by atoms with E-state index in [4.69, 9.17) is 11.6 Å². The van der Waals surface area contributed by atoms with Gasteiger partial charge in [0.05, 0.1) is 22.3 Å². The average Bonchev–Trinajstić information content (AvgIpc) is 3.36. The van der Waals surface area contributed by atoms with E-state index in [1.165, 1.54) is 6.08 Å². The monoisotopic (exact) mass is 386 g/mol. The van der Waals surface area contributed by atoms with Crippen molar-refractivity contribution in [3.63, 3.8) is 0 Å². The smallest absolute Gasteiger partial charge is 0.246 e. The molecular weight excluding hydrogens is 368 g/mol. The zero-order valence-electron chi connectivity index (χ0n) is 14.7. The number of aromatic nitrogens is 5. The molecule has 1 amide bonds. The molecule has 4 rings (SSSR count). The van der Waals surface area contributed by atoms with Crippen LogP contribution in [0.1, 0.15) is 6.42 Å². The molecule has 0 saturated carbocycles. The number of carbonyl (C=O) groups is 1. The van der Waals surface area contributed by atoms with Crippen LogP contribution in [0.25, 0.3) is 11.0 Å². The molecule has 27 heavy (non-hydrogen) atoms. The molecule has 1 saturated heterocycles. The van der Waals surface area contributed by atoms with E-state index in [1.807, 2.05) is 13.2 Å². The lowest BCUT2D eigenvalue weighted by atomic mass is 10.2. The highest BCUT2D eigenvalue weighted by Crippen LogP contribution is 2.31. The normalized spacial score (nSPS) is 16.7. The topological polar surface area (TPSA) is 104 Å². The minimum absolute atomic E-state index is 0.0641. The van der Waals surface area contributed by atoms with Gasteiger partial charge in [0.1, 0.15) is 11.5 Å². The molecule has 1 aliphatic heterocycles. The summed E-state index contributed by atoms with van der Waals surface area (Å²) in [7, 11) is 1.84. The van der Waals surface area contributed by atoms with Gasteiger partial charge in [-0.1, -0.05) is 18.2 Å². The molecule has 1 atom stereocenters. The van der Waals surface area contributed by atoms with Gasteiger partial charge in [-0.15, -0.1) is 0 Å². The summed E-state index contributed by atoms with van der Waals surface area (Å²) in [4.78, 5) is 25.7. The van der Waals surface area contributed by atoms with Gasteiger partial charge in [0.2, 0.25) is 11.9 Å². The second-order valence-corrected chi connectivity index (χ2v) is 6.81. The summed E-state index contributed by atoms with van der Waals surface area (Å²) in [6, 6.07) is 0.0733. The number of fused-ring (bicyclic) bond motifs is 1. The Balaban J connectivity index is 1.61. The van der Waals surface area contributed by atoms with Crippen molar-refractivity contribution in [2.75, 3.05) is 23.7 Å². The highest BCUT2D eigenvalue weighted by molar-refractivity contribution is 6.36. The molecule has 4 heterocycles. The van der Waals surface area contributed by atoms with Crippen LogP contribution in [0.15, 0.2) is 31.2 Å². The molecule has 0 bridgehead atoms. The van der Waals surface area contributed by atoms with Crippen LogP contribution in [0.4, 0.5) is 17.5 Å².